The van der Waals surface area contributed by atoms with Crippen molar-refractivity contribution in [2.45, 2.75) is 33.2 Å². The van der Waals surface area contributed by atoms with Crippen molar-refractivity contribution in [2.75, 3.05) is 37.7 Å². The Morgan fingerprint density at radius 1 is 1.27 bits per heavy atom. The van der Waals surface area contributed by atoms with E-state index in [0.717, 1.165) is 25.0 Å². The molecule has 15 heavy (non-hydrogen) atoms. The number of hydrogen-bond acceptors (Lipinski definition) is 3. The molecule has 3 heteroatoms. The fraction of sp³-hybridized carbons (Fsp3) is 1.00. The standard InChI is InChI=1S/C12H26N2S/c1-4-5-13-10-12(11(2)3)14-6-8-15-9-7-14/h11-13H,4-10H2,1-3H3. The van der Waals surface area contributed by atoms with Gasteiger partial charge in [0, 0.05) is 37.2 Å². The Hall–Kier alpha value is 0.270. The van der Waals surface area contributed by atoms with Crippen LogP contribution in [0.4, 0.5) is 0 Å². The second-order valence-electron chi connectivity index (χ2n) is 4.66. The van der Waals surface area contributed by atoms with E-state index < -0.39 is 0 Å². The number of rotatable bonds is 6. The average Bonchev–Trinajstić information content (AvgIpc) is 2.25. The minimum atomic E-state index is 0.734. The summed E-state index contributed by atoms with van der Waals surface area (Å²) in [4.78, 5) is 2.67. The smallest absolute Gasteiger partial charge is 0.0244 e. The summed E-state index contributed by atoms with van der Waals surface area (Å²) in [7, 11) is 0. The van der Waals surface area contributed by atoms with Crippen molar-refractivity contribution >= 4 is 11.8 Å². The van der Waals surface area contributed by atoms with Crippen molar-refractivity contribution < 1.29 is 0 Å². The first-order valence-electron chi connectivity index (χ1n) is 6.28. The zero-order valence-electron chi connectivity index (χ0n) is 10.5. The molecule has 1 aliphatic rings. The fourth-order valence-corrected chi connectivity index (χ4v) is 3.05. The molecule has 0 aliphatic carbocycles. The molecule has 1 heterocycles. The molecular weight excluding hydrogens is 204 g/mol. The molecule has 1 fully saturated rings. The molecule has 0 aromatic carbocycles. The van der Waals surface area contributed by atoms with Crippen LogP contribution in [0.2, 0.25) is 0 Å². The second kappa shape index (κ2) is 7.53. The number of nitrogens with one attached hydrogen (secondary N) is 1. The van der Waals surface area contributed by atoms with Crippen LogP contribution in [0.3, 0.4) is 0 Å². The molecule has 1 aliphatic heterocycles. The summed E-state index contributed by atoms with van der Waals surface area (Å²) in [5.74, 6) is 3.39. The van der Waals surface area contributed by atoms with Gasteiger partial charge < -0.3 is 5.32 Å². The van der Waals surface area contributed by atoms with Crippen molar-refractivity contribution in [3.8, 4) is 0 Å². The van der Waals surface area contributed by atoms with Gasteiger partial charge in [0.1, 0.15) is 0 Å². The van der Waals surface area contributed by atoms with Gasteiger partial charge in [-0.2, -0.15) is 11.8 Å². The van der Waals surface area contributed by atoms with Crippen LogP contribution in [0.5, 0.6) is 0 Å². The van der Waals surface area contributed by atoms with Crippen LogP contribution >= 0.6 is 11.8 Å². The Morgan fingerprint density at radius 2 is 1.93 bits per heavy atom. The highest BCUT2D eigenvalue weighted by Crippen LogP contribution is 2.16. The summed E-state index contributed by atoms with van der Waals surface area (Å²) >= 11 is 2.09. The molecule has 1 saturated heterocycles. The Balaban J connectivity index is 2.34. The van der Waals surface area contributed by atoms with Gasteiger partial charge in [0.25, 0.3) is 0 Å². The first-order valence-corrected chi connectivity index (χ1v) is 7.43. The Kier molecular flexibility index (Phi) is 6.69. The van der Waals surface area contributed by atoms with E-state index in [1.807, 2.05) is 0 Å². The summed E-state index contributed by atoms with van der Waals surface area (Å²) in [6.45, 7) is 11.8. The van der Waals surface area contributed by atoms with Gasteiger partial charge in [0.05, 0.1) is 0 Å². The number of nitrogens with zero attached hydrogens (tertiary/aromatic N) is 1. The third kappa shape index (κ3) is 4.75. The maximum absolute atomic E-state index is 3.57. The predicted molar refractivity (Wildman–Crippen MR) is 70.7 cm³/mol. The molecule has 0 radical (unpaired) electrons. The lowest BCUT2D eigenvalue weighted by molar-refractivity contribution is 0.166. The van der Waals surface area contributed by atoms with E-state index >= 15 is 0 Å². The summed E-state index contributed by atoms with van der Waals surface area (Å²) in [5, 5.41) is 3.57. The van der Waals surface area contributed by atoms with Gasteiger partial charge in [0.15, 0.2) is 0 Å². The van der Waals surface area contributed by atoms with E-state index in [0.29, 0.717) is 0 Å². The number of hydrogen-bond donors (Lipinski definition) is 1. The zero-order chi connectivity index (χ0) is 11.1. The van der Waals surface area contributed by atoms with Gasteiger partial charge in [-0.3, -0.25) is 4.90 Å². The van der Waals surface area contributed by atoms with Crippen LogP contribution in [0.25, 0.3) is 0 Å². The maximum atomic E-state index is 3.57. The molecule has 0 spiro atoms. The lowest BCUT2D eigenvalue weighted by atomic mass is 10.0. The first kappa shape index (κ1) is 13.3. The molecule has 1 unspecified atom stereocenters. The van der Waals surface area contributed by atoms with Gasteiger partial charge in [-0.05, 0) is 18.9 Å². The highest BCUT2D eigenvalue weighted by Gasteiger charge is 2.22. The van der Waals surface area contributed by atoms with Crippen LogP contribution < -0.4 is 5.32 Å². The largest absolute Gasteiger partial charge is 0.315 e. The molecule has 2 nitrogen and oxygen atoms in total. The lowest BCUT2D eigenvalue weighted by Gasteiger charge is -2.37. The summed E-state index contributed by atoms with van der Waals surface area (Å²) in [6, 6.07) is 0.734. The van der Waals surface area contributed by atoms with E-state index in [1.54, 1.807) is 0 Å². The maximum Gasteiger partial charge on any atom is 0.0244 e. The molecule has 0 aromatic heterocycles. The van der Waals surface area contributed by atoms with Crippen molar-refractivity contribution in [2.24, 2.45) is 5.92 Å². The topological polar surface area (TPSA) is 15.3 Å². The monoisotopic (exact) mass is 230 g/mol. The number of thioether (sulfide) groups is 1. The van der Waals surface area contributed by atoms with E-state index in [2.05, 4.69) is 42.7 Å². The lowest BCUT2D eigenvalue weighted by Crippen LogP contribution is -2.49. The summed E-state index contributed by atoms with van der Waals surface area (Å²) in [5.41, 5.74) is 0. The third-order valence-corrected chi connectivity index (χ3v) is 4.01. The van der Waals surface area contributed by atoms with Crippen LogP contribution in [0.15, 0.2) is 0 Å². The minimum absolute atomic E-state index is 0.734. The first-order chi connectivity index (χ1) is 7.25. The van der Waals surface area contributed by atoms with Crippen molar-refractivity contribution in [1.29, 1.82) is 0 Å². The quantitative estimate of drug-likeness (QED) is 0.703. The van der Waals surface area contributed by atoms with Crippen molar-refractivity contribution in [1.82, 2.24) is 10.2 Å². The SMILES string of the molecule is CCCNCC(C(C)C)N1CCSCC1. The molecule has 0 bridgehead atoms. The molecule has 1 rings (SSSR count). The van der Waals surface area contributed by atoms with Crippen molar-refractivity contribution in [3.05, 3.63) is 0 Å². The van der Waals surface area contributed by atoms with Crippen LogP contribution in [-0.2, 0) is 0 Å². The van der Waals surface area contributed by atoms with E-state index in [-0.39, 0.29) is 0 Å². The van der Waals surface area contributed by atoms with Crippen LogP contribution in [0, 0.1) is 5.92 Å². The Morgan fingerprint density at radius 3 is 2.47 bits per heavy atom. The third-order valence-electron chi connectivity index (χ3n) is 3.06. The molecule has 1 N–H and O–H groups in total. The van der Waals surface area contributed by atoms with Gasteiger partial charge in [-0.25, -0.2) is 0 Å². The second-order valence-corrected chi connectivity index (χ2v) is 5.89. The highest BCUT2D eigenvalue weighted by atomic mass is 32.2. The molecule has 0 aromatic rings. The highest BCUT2D eigenvalue weighted by molar-refractivity contribution is 7.99. The fourth-order valence-electron chi connectivity index (χ4n) is 2.12. The minimum Gasteiger partial charge on any atom is -0.315 e. The molecule has 1 atom stereocenters. The van der Waals surface area contributed by atoms with Gasteiger partial charge in [-0.1, -0.05) is 20.8 Å². The molecular formula is C12H26N2S. The average molecular weight is 230 g/mol. The van der Waals surface area contributed by atoms with E-state index in [4.69, 9.17) is 0 Å². The normalized spacial score (nSPS) is 20.8. The zero-order valence-corrected chi connectivity index (χ0v) is 11.3. The molecule has 0 saturated carbocycles. The van der Waals surface area contributed by atoms with E-state index in [9.17, 15) is 0 Å². The summed E-state index contributed by atoms with van der Waals surface area (Å²) in [6.07, 6.45) is 1.24. The molecule has 0 amide bonds. The summed E-state index contributed by atoms with van der Waals surface area (Å²) < 4.78 is 0. The van der Waals surface area contributed by atoms with Gasteiger partial charge >= 0.3 is 0 Å². The van der Waals surface area contributed by atoms with Gasteiger partial charge in [-0.15, -0.1) is 0 Å². The van der Waals surface area contributed by atoms with Crippen LogP contribution in [-0.4, -0.2) is 48.6 Å². The van der Waals surface area contributed by atoms with E-state index in [1.165, 1.54) is 31.0 Å². The van der Waals surface area contributed by atoms with Crippen molar-refractivity contribution in [3.63, 3.8) is 0 Å². The Bertz CT molecular complexity index is 156. The molecule has 90 valence electrons. The van der Waals surface area contributed by atoms with Crippen LogP contribution in [0.1, 0.15) is 27.2 Å². The van der Waals surface area contributed by atoms with Gasteiger partial charge in [0.2, 0.25) is 0 Å². The Labute approximate surface area is 99.2 Å². The predicted octanol–water partition coefficient (Wildman–Crippen LogP) is 2.06.